The van der Waals surface area contributed by atoms with Gasteiger partial charge in [0.2, 0.25) is 0 Å². The molecule has 0 aliphatic carbocycles. The predicted octanol–water partition coefficient (Wildman–Crippen LogP) is 3.37. The van der Waals surface area contributed by atoms with Gasteiger partial charge >= 0.3 is 0 Å². The molecule has 2 aromatic heterocycles. The van der Waals surface area contributed by atoms with Crippen molar-refractivity contribution in [1.82, 2.24) is 19.9 Å². The molecule has 3 aromatic rings. The molecule has 0 radical (unpaired) electrons. The maximum atomic E-state index is 13.0. The summed E-state index contributed by atoms with van der Waals surface area (Å²) in [5.74, 6) is 1.63. The molecule has 1 atom stereocenters. The molecule has 128 valence electrons. The van der Waals surface area contributed by atoms with Crippen LogP contribution in [0, 0.1) is 0 Å². The molecule has 0 bridgehead atoms. The van der Waals surface area contributed by atoms with Crippen LogP contribution in [-0.2, 0) is 0 Å². The number of likely N-dealkylation sites (tertiary alicyclic amines) is 1. The van der Waals surface area contributed by atoms with Crippen LogP contribution < -0.4 is 5.32 Å². The van der Waals surface area contributed by atoms with Gasteiger partial charge in [0.1, 0.15) is 11.6 Å². The smallest absolute Gasteiger partial charge is 0.254 e. The molecule has 6 heteroatoms. The summed E-state index contributed by atoms with van der Waals surface area (Å²) >= 11 is 0. The minimum absolute atomic E-state index is 0.00403. The Bertz CT molecular complexity index is 870. The zero-order chi connectivity index (χ0) is 17.2. The number of benzene rings is 1. The minimum atomic E-state index is -0.00403. The topological polar surface area (TPSA) is 73.9 Å². The lowest BCUT2D eigenvalue weighted by molar-refractivity contribution is 0.0730. The molecule has 4 rings (SSSR count). The number of nitrogens with one attached hydrogen (secondary N) is 2. The van der Waals surface area contributed by atoms with Crippen molar-refractivity contribution in [2.24, 2.45) is 0 Å². The van der Waals surface area contributed by atoms with E-state index in [1.165, 1.54) is 0 Å². The Morgan fingerprint density at radius 1 is 1.36 bits per heavy atom. The third-order valence-corrected chi connectivity index (χ3v) is 4.60. The van der Waals surface area contributed by atoms with Gasteiger partial charge in [0.25, 0.3) is 5.91 Å². The van der Waals surface area contributed by atoms with E-state index in [4.69, 9.17) is 4.98 Å². The number of anilines is 1. The second-order valence-electron chi connectivity index (χ2n) is 6.26. The molecule has 1 aromatic carbocycles. The number of nitrogens with zero attached hydrogens (tertiary/aromatic N) is 3. The normalized spacial score (nSPS) is 17.2. The average Bonchev–Trinajstić information content (AvgIpc) is 3.28. The molecule has 0 spiro atoms. The van der Waals surface area contributed by atoms with Crippen molar-refractivity contribution in [3.05, 3.63) is 54.0 Å². The van der Waals surface area contributed by atoms with Gasteiger partial charge < -0.3 is 15.2 Å². The Labute approximate surface area is 146 Å². The zero-order valence-corrected chi connectivity index (χ0v) is 14.2. The Morgan fingerprint density at radius 2 is 2.24 bits per heavy atom. The van der Waals surface area contributed by atoms with Crippen molar-refractivity contribution >= 4 is 22.8 Å². The number of pyridine rings is 1. The molecule has 0 saturated carbocycles. The Kier molecular flexibility index (Phi) is 4.09. The number of carbonyl (C=O) groups is 1. The highest BCUT2D eigenvalue weighted by Crippen LogP contribution is 2.32. The van der Waals surface area contributed by atoms with E-state index in [1.54, 1.807) is 12.3 Å². The molecule has 1 aliphatic heterocycles. The van der Waals surface area contributed by atoms with Crippen molar-refractivity contribution in [3.63, 3.8) is 0 Å². The van der Waals surface area contributed by atoms with E-state index in [2.05, 4.69) is 15.3 Å². The lowest BCUT2D eigenvalue weighted by Crippen LogP contribution is -2.31. The summed E-state index contributed by atoms with van der Waals surface area (Å²) in [6, 6.07) is 11.6. The van der Waals surface area contributed by atoms with Crippen LogP contribution in [0.15, 0.2) is 42.6 Å². The number of amides is 1. The summed E-state index contributed by atoms with van der Waals surface area (Å²) in [6.07, 6.45) is 3.59. The summed E-state index contributed by atoms with van der Waals surface area (Å²) in [5, 5.41) is 3.15. The highest BCUT2D eigenvalue weighted by Gasteiger charge is 2.32. The molecule has 1 aliphatic rings. The molecule has 25 heavy (non-hydrogen) atoms. The first-order valence-corrected chi connectivity index (χ1v) is 8.72. The van der Waals surface area contributed by atoms with E-state index in [1.807, 2.05) is 42.2 Å². The van der Waals surface area contributed by atoms with Gasteiger partial charge in [0, 0.05) is 24.8 Å². The van der Waals surface area contributed by atoms with E-state index in [0.717, 1.165) is 48.6 Å². The molecule has 0 unspecified atom stereocenters. The average molecular weight is 335 g/mol. The number of carbonyl (C=O) groups excluding carboxylic acids is 1. The van der Waals surface area contributed by atoms with Gasteiger partial charge in [-0.15, -0.1) is 0 Å². The lowest BCUT2D eigenvalue weighted by atomic mass is 10.2. The number of hydrogen-bond donors (Lipinski definition) is 2. The summed E-state index contributed by atoms with van der Waals surface area (Å²) in [5.41, 5.74) is 2.61. The van der Waals surface area contributed by atoms with Crippen LogP contribution in [0.25, 0.3) is 11.0 Å². The third kappa shape index (κ3) is 2.95. The van der Waals surface area contributed by atoms with E-state index in [9.17, 15) is 4.79 Å². The maximum Gasteiger partial charge on any atom is 0.254 e. The molecular weight excluding hydrogens is 314 g/mol. The van der Waals surface area contributed by atoms with Gasteiger partial charge in [0.15, 0.2) is 0 Å². The molecular formula is C19H21N5O. The number of para-hydroxylation sites is 2. The van der Waals surface area contributed by atoms with Gasteiger partial charge in [-0.25, -0.2) is 9.97 Å². The van der Waals surface area contributed by atoms with E-state index < -0.39 is 0 Å². The van der Waals surface area contributed by atoms with Crippen molar-refractivity contribution < 1.29 is 4.79 Å². The first-order chi connectivity index (χ1) is 12.3. The van der Waals surface area contributed by atoms with E-state index >= 15 is 0 Å². The molecule has 1 saturated heterocycles. The predicted molar refractivity (Wildman–Crippen MR) is 97.5 cm³/mol. The van der Waals surface area contributed by atoms with Crippen molar-refractivity contribution in [3.8, 4) is 0 Å². The summed E-state index contributed by atoms with van der Waals surface area (Å²) in [4.78, 5) is 27.3. The highest BCUT2D eigenvalue weighted by molar-refractivity contribution is 5.95. The fourth-order valence-corrected chi connectivity index (χ4v) is 3.43. The molecule has 3 heterocycles. The van der Waals surface area contributed by atoms with Crippen LogP contribution in [-0.4, -0.2) is 38.8 Å². The van der Waals surface area contributed by atoms with Crippen molar-refractivity contribution in [2.75, 3.05) is 18.4 Å². The lowest BCUT2D eigenvalue weighted by Gasteiger charge is -2.23. The fourth-order valence-electron chi connectivity index (χ4n) is 3.43. The Morgan fingerprint density at radius 3 is 3.08 bits per heavy atom. The fraction of sp³-hybridized carbons (Fsp3) is 0.316. The highest BCUT2D eigenvalue weighted by atomic mass is 16.2. The van der Waals surface area contributed by atoms with Crippen LogP contribution in [0.4, 0.5) is 5.82 Å². The number of aromatic nitrogens is 3. The molecule has 2 N–H and O–H groups in total. The van der Waals surface area contributed by atoms with Crippen LogP contribution in [0.2, 0.25) is 0 Å². The van der Waals surface area contributed by atoms with Crippen LogP contribution >= 0.6 is 0 Å². The molecule has 6 nitrogen and oxygen atoms in total. The largest absolute Gasteiger partial charge is 0.370 e. The monoisotopic (exact) mass is 335 g/mol. The second kappa shape index (κ2) is 6.55. The standard InChI is InChI=1S/C19H21N5O/c1-2-20-17-12-13(9-10-21-17)19(25)24-11-5-8-16(24)18-22-14-6-3-4-7-15(14)23-18/h3-4,6-7,9-10,12,16H,2,5,8,11H2,1H3,(H,20,21)(H,22,23)/t16-/m0/s1. The number of fused-ring (bicyclic) bond motifs is 1. The number of imidazole rings is 1. The van der Waals surface area contributed by atoms with Crippen molar-refractivity contribution in [2.45, 2.75) is 25.8 Å². The first-order valence-electron chi connectivity index (χ1n) is 8.72. The maximum absolute atomic E-state index is 13.0. The second-order valence-corrected chi connectivity index (χ2v) is 6.26. The SMILES string of the molecule is CCNc1cc(C(=O)N2CCC[C@H]2c2nc3ccccc3[nH]2)ccn1. The van der Waals surface area contributed by atoms with Gasteiger partial charge in [-0.2, -0.15) is 0 Å². The first kappa shape index (κ1) is 15.6. The van der Waals surface area contributed by atoms with Gasteiger partial charge in [0.05, 0.1) is 17.1 Å². The summed E-state index contributed by atoms with van der Waals surface area (Å²) < 4.78 is 0. The molecule has 1 amide bonds. The number of H-pyrrole nitrogens is 1. The van der Waals surface area contributed by atoms with E-state index in [0.29, 0.717) is 5.56 Å². The van der Waals surface area contributed by atoms with Gasteiger partial charge in [-0.05, 0) is 44.0 Å². The Balaban J connectivity index is 1.62. The summed E-state index contributed by atoms with van der Waals surface area (Å²) in [6.45, 7) is 3.53. The third-order valence-electron chi connectivity index (χ3n) is 4.60. The Hall–Kier alpha value is -2.89. The minimum Gasteiger partial charge on any atom is -0.370 e. The quantitative estimate of drug-likeness (QED) is 0.767. The van der Waals surface area contributed by atoms with Gasteiger partial charge in [-0.3, -0.25) is 4.79 Å². The molecule has 1 fully saturated rings. The van der Waals surface area contributed by atoms with Crippen molar-refractivity contribution in [1.29, 1.82) is 0 Å². The zero-order valence-electron chi connectivity index (χ0n) is 14.2. The van der Waals surface area contributed by atoms with Crippen LogP contribution in [0.3, 0.4) is 0 Å². The number of hydrogen-bond acceptors (Lipinski definition) is 4. The number of aromatic amines is 1. The van der Waals surface area contributed by atoms with E-state index in [-0.39, 0.29) is 11.9 Å². The summed E-state index contributed by atoms with van der Waals surface area (Å²) in [7, 11) is 0. The number of rotatable bonds is 4. The van der Waals surface area contributed by atoms with Crippen LogP contribution in [0.1, 0.15) is 42.0 Å². The van der Waals surface area contributed by atoms with Crippen LogP contribution in [0.5, 0.6) is 0 Å². The van der Waals surface area contributed by atoms with Gasteiger partial charge in [-0.1, -0.05) is 12.1 Å².